The van der Waals surface area contributed by atoms with Crippen LogP contribution in [0.15, 0.2) is 72.8 Å². The number of hydrogen-bond acceptors (Lipinski definition) is 6. The van der Waals surface area contributed by atoms with Crippen LogP contribution in [0.1, 0.15) is 18.9 Å². The first-order valence-corrected chi connectivity index (χ1v) is 12.7. The summed E-state index contributed by atoms with van der Waals surface area (Å²) in [7, 11) is 0. The molecule has 0 fully saturated rings. The molecular formula is C27H27ClN2O4S. The normalized spacial score (nSPS) is 11.8. The lowest BCUT2D eigenvalue weighted by Gasteiger charge is -2.22. The highest BCUT2D eigenvalue weighted by atomic mass is 35.5. The third-order valence-electron chi connectivity index (χ3n) is 5.49. The van der Waals surface area contributed by atoms with Crippen molar-refractivity contribution >= 4 is 44.3 Å². The lowest BCUT2D eigenvalue weighted by molar-refractivity contribution is -0.145. The van der Waals surface area contributed by atoms with Gasteiger partial charge in [0, 0.05) is 11.6 Å². The molecule has 1 atom stereocenters. The van der Waals surface area contributed by atoms with Gasteiger partial charge in [-0.3, -0.25) is 0 Å². The minimum Gasteiger partial charge on any atom is -0.492 e. The number of halogens is 1. The van der Waals surface area contributed by atoms with E-state index in [0.29, 0.717) is 30.3 Å². The fourth-order valence-electron chi connectivity index (χ4n) is 3.61. The van der Waals surface area contributed by atoms with Crippen LogP contribution in [0.25, 0.3) is 10.2 Å². The third kappa shape index (κ3) is 6.87. The molecule has 1 aromatic heterocycles. The largest absolute Gasteiger partial charge is 0.492 e. The van der Waals surface area contributed by atoms with E-state index in [2.05, 4.69) is 11.0 Å². The Morgan fingerprint density at radius 1 is 1.06 bits per heavy atom. The van der Waals surface area contributed by atoms with E-state index in [0.717, 1.165) is 39.6 Å². The number of benzene rings is 3. The van der Waals surface area contributed by atoms with Crippen molar-refractivity contribution < 1.29 is 19.4 Å². The molecule has 35 heavy (non-hydrogen) atoms. The Labute approximate surface area is 213 Å². The van der Waals surface area contributed by atoms with Crippen LogP contribution in [0.2, 0.25) is 5.02 Å². The molecule has 4 rings (SSSR count). The van der Waals surface area contributed by atoms with Crippen LogP contribution in [-0.4, -0.2) is 41.9 Å². The summed E-state index contributed by atoms with van der Waals surface area (Å²) >= 11 is 7.63. The van der Waals surface area contributed by atoms with E-state index < -0.39 is 12.1 Å². The molecule has 6 nitrogen and oxygen atoms in total. The van der Waals surface area contributed by atoms with Crippen molar-refractivity contribution in [3.63, 3.8) is 0 Å². The van der Waals surface area contributed by atoms with Crippen molar-refractivity contribution in [3.05, 3.63) is 83.4 Å². The Hall–Kier alpha value is -3.29. The zero-order chi connectivity index (χ0) is 24.6. The minimum atomic E-state index is -0.958. The van der Waals surface area contributed by atoms with E-state index in [1.54, 1.807) is 24.3 Å². The number of carboxylic acids is 1. The van der Waals surface area contributed by atoms with Gasteiger partial charge in [-0.25, -0.2) is 9.78 Å². The molecule has 182 valence electrons. The Morgan fingerprint density at radius 3 is 2.60 bits per heavy atom. The van der Waals surface area contributed by atoms with Gasteiger partial charge < -0.3 is 19.5 Å². The van der Waals surface area contributed by atoms with Crippen LogP contribution in [0, 0.1) is 0 Å². The number of ether oxygens (including phenoxy) is 2. The quantitative estimate of drug-likeness (QED) is 0.240. The molecule has 0 aliphatic rings. The molecule has 0 radical (unpaired) electrons. The van der Waals surface area contributed by atoms with Crippen molar-refractivity contribution in [2.24, 2.45) is 0 Å². The van der Waals surface area contributed by atoms with Crippen LogP contribution < -0.4 is 14.4 Å². The van der Waals surface area contributed by atoms with Gasteiger partial charge in [0.05, 0.1) is 16.8 Å². The highest BCUT2D eigenvalue weighted by Gasteiger charge is 2.17. The summed E-state index contributed by atoms with van der Waals surface area (Å²) in [4.78, 5) is 18.4. The van der Waals surface area contributed by atoms with Crippen molar-refractivity contribution in [3.8, 4) is 11.5 Å². The molecule has 4 aromatic rings. The van der Waals surface area contributed by atoms with Gasteiger partial charge in [-0.1, -0.05) is 54.1 Å². The molecule has 1 N–H and O–H groups in total. The van der Waals surface area contributed by atoms with Gasteiger partial charge in [0.2, 0.25) is 0 Å². The molecule has 1 heterocycles. The summed E-state index contributed by atoms with van der Waals surface area (Å²) in [6.07, 6.45) is 0.297. The van der Waals surface area contributed by atoms with Gasteiger partial charge in [-0.15, -0.1) is 0 Å². The summed E-state index contributed by atoms with van der Waals surface area (Å²) in [5.41, 5.74) is 2.04. The number of fused-ring (bicyclic) bond motifs is 1. The number of aliphatic carboxylic acids is 1. The SMILES string of the molecule is CCC(Oc1cccc(CCN(CCOc2ccc(Cl)cc2)c2nc3ccccc3s2)c1)C(=O)O. The number of para-hydroxylation sites is 1. The monoisotopic (exact) mass is 510 g/mol. The maximum atomic E-state index is 11.3. The van der Waals surface area contributed by atoms with Crippen molar-refractivity contribution in [2.75, 3.05) is 24.6 Å². The Kier molecular flexibility index (Phi) is 8.45. The summed E-state index contributed by atoms with van der Waals surface area (Å²) in [6, 6.07) is 23.1. The van der Waals surface area contributed by atoms with Gasteiger partial charge >= 0.3 is 5.97 Å². The first-order valence-electron chi connectivity index (χ1n) is 11.5. The first kappa shape index (κ1) is 24.8. The number of aromatic nitrogens is 1. The van der Waals surface area contributed by atoms with Crippen LogP contribution in [0.4, 0.5) is 5.13 Å². The molecule has 0 bridgehead atoms. The number of hydrogen-bond donors (Lipinski definition) is 1. The smallest absolute Gasteiger partial charge is 0.344 e. The zero-order valence-electron chi connectivity index (χ0n) is 19.4. The van der Waals surface area contributed by atoms with Gasteiger partial charge in [0.1, 0.15) is 18.1 Å². The Morgan fingerprint density at radius 2 is 1.86 bits per heavy atom. The molecule has 0 saturated carbocycles. The molecule has 0 amide bonds. The number of nitrogens with zero attached hydrogens (tertiary/aromatic N) is 2. The van der Waals surface area contributed by atoms with E-state index >= 15 is 0 Å². The van der Waals surface area contributed by atoms with E-state index in [1.807, 2.05) is 60.7 Å². The minimum absolute atomic E-state index is 0.401. The molecule has 0 spiro atoms. The second-order valence-electron chi connectivity index (χ2n) is 8.00. The van der Waals surface area contributed by atoms with E-state index in [4.69, 9.17) is 26.1 Å². The fraction of sp³-hybridized carbons (Fsp3) is 0.259. The van der Waals surface area contributed by atoms with E-state index in [-0.39, 0.29) is 0 Å². The first-order chi connectivity index (χ1) is 17.0. The predicted molar refractivity (Wildman–Crippen MR) is 141 cm³/mol. The Balaban J connectivity index is 1.45. The van der Waals surface area contributed by atoms with Gasteiger partial charge in [0.15, 0.2) is 11.2 Å². The fourth-order valence-corrected chi connectivity index (χ4v) is 4.76. The summed E-state index contributed by atoms with van der Waals surface area (Å²) in [5.74, 6) is 0.377. The summed E-state index contributed by atoms with van der Waals surface area (Å²) < 4.78 is 12.7. The van der Waals surface area contributed by atoms with Gasteiger partial charge in [-0.2, -0.15) is 0 Å². The van der Waals surface area contributed by atoms with Crippen LogP contribution in [0.5, 0.6) is 11.5 Å². The van der Waals surface area contributed by atoms with Crippen LogP contribution in [-0.2, 0) is 11.2 Å². The average Bonchev–Trinajstić information content (AvgIpc) is 3.30. The molecular weight excluding hydrogens is 484 g/mol. The van der Waals surface area contributed by atoms with Gasteiger partial charge in [0.25, 0.3) is 0 Å². The highest BCUT2D eigenvalue weighted by molar-refractivity contribution is 7.22. The lowest BCUT2D eigenvalue weighted by Crippen LogP contribution is -2.30. The molecule has 0 saturated heterocycles. The third-order valence-corrected chi connectivity index (χ3v) is 6.84. The highest BCUT2D eigenvalue weighted by Crippen LogP contribution is 2.29. The number of anilines is 1. The number of rotatable bonds is 12. The summed E-state index contributed by atoms with van der Waals surface area (Å²) in [5, 5.41) is 10.9. The second kappa shape index (κ2) is 11.9. The number of carbonyl (C=O) groups is 1. The second-order valence-corrected chi connectivity index (χ2v) is 9.45. The van der Waals surface area contributed by atoms with Crippen molar-refractivity contribution in [2.45, 2.75) is 25.9 Å². The Bertz CT molecular complexity index is 1230. The van der Waals surface area contributed by atoms with Crippen LogP contribution in [0.3, 0.4) is 0 Å². The molecule has 3 aromatic carbocycles. The zero-order valence-corrected chi connectivity index (χ0v) is 21.0. The summed E-state index contributed by atoms with van der Waals surface area (Å²) in [6.45, 7) is 3.68. The molecule has 1 unspecified atom stereocenters. The maximum absolute atomic E-state index is 11.3. The predicted octanol–water partition coefficient (Wildman–Crippen LogP) is 6.32. The maximum Gasteiger partial charge on any atom is 0.344 e. The standard InChI is InChI=1S/C27H27ClN2O4S/c1-2-24(26(31)32)34-22-7-5-6-19(18-22)14-15-30(16-17-33-21-12-10-20(28)11-13-21)27-29-23-8-3-4-9-25(23)35-27/h3-13,18,24H,2,14-17H2,1H3,(H,31,32). The van der Waals surface area contributed by atoms with Crippen LogP contribution >= 0.6 is 22.9 Å². The van der Waals surface area contributed by atoms with E-state index in [1.165, 1.54) is 0 Å². The molecule has 0 aliphatic carbocycles. The average molecular weight is 511 g/mol. The topological polar surface area (TPSA) is 71.9 Å². The van der Waals surface area contributed by atoms with Crippen molar-refractivity contribution in [1.82, 2.24) is 4.98 Å². The number of carboxylic acid groups (broad SMARTS) is 1. The molecule has 8 heteroatoms. The van der Waals surface area contributed by atoms with E-state index in [9.17, 15) is 9.90 Å². The lowest BCUT2D eigenvalue weighted by atomic mass is 10.1. The number of thiazole rings is 1. The van der Waals surface area contributed by atoms with Crippen molar-refractivity contribution in [1.29, 1.82) is 0 Å². The van der Waals surface area contributed by atoms with Gasteiger partial charge in [-0.05, 0) is 66.9 Å². The molecule has 0 aliphatic heterocycles.